The van der Waals surface area contributed by atoms with Gasteiger partial charge in [0.1, 0.15) is 0 Å². The van der Waals surface area contributed by atoms with Crippen LogP contribution in [0.25, 0.3) is 0 Å². The van der Waals surface area contributed by atoms with E-state index in [-0.39, 0.29) is 11.8 Å². The predicted molar refractivity (Wildman–Crippen MR) is 36.2 cm³/mol. The first-order valence-electron chi connectivity index (χ1n) is 2.69. The van der Waals surface area contributed by atoms with Crippen molar-refractivity contribution >= 4 is 29.8 Å². The first-order chi connectivity index (χ1) is 4.74. The number of urea groups is 1. The average molecular weight is 161 g/mol. The lowest BCUT2D eigenvalue weighted by Crippen LogP contribution is -2.39. The Kier molecular flexibility index (Phi) is 2.01. The third kappa shape index (κ3) is 1.33. The van der Waals surface area contributed by atoms with E-state index in [4.69, 9.17) is 11.6 Å². The lowest BCUT2D eigenvalue weighted by atomic mass is 10.2. The fourth-order valence-electron chi connectivity index (χ4n) is 0.566. The Morgan fingerprint density at radius 3 is 2.90 bits per heavy atom. The number of alkyl halides is 1. The van der Waals surface area contributed by atoms with Crippen LogP contribution in [0.5, 0.6) is 0 Å². The van der Waals surface area contributed by atoms with Crippen molar-refractivity contribution in [1.82, 2.24) is 5.32 Å². The van der Waals surface area contributed by atoms with Crippen molar-refractivity contribution in [2.45, 2.75) is 0 Å². The van der Waals surface area contributed by atoms with E-state index < -0.39 is 11.9 Å². The molecule has 1 atom stereocenters. The van der Waals surface area contributed by atoms with Crippen LogP contribution in [-0.2, 0) is 4.79 Å². The number of hydrogen-bond donors (Lipinski definition) is 1. The molecule has 5 heteroatoms. The zero-order chi connectivity index (χ0) is 7.56. The molecular formula is C5H5ClN2O2. The maximum atomic E-state index is 10.7. The molecule has 0 saturated carbocycles. The number of halogens is 1. The molecule has 1 heterocycles. The molecule has 10 heavy (non-hydrogen) atoms. The molecule has 0 bridgehead atoms. The number of carbonyl (C=O) groups excluding carboxylic acids is 2. The molecule has 0 aromatic rings. The summed E-state index contributed by atoms with van der Waals surface area (Å²) in [6.45, 7) is 0. The largest absolute Gasteiger partial charge is 0.347 e. The summed E-state index contributed by atoms with van der Waals surface area (Å²) < 4.78 is 0. The van der Waals surface area contributed by atoms with Crippen molar-refractivity contribution in [2.24, 2.45) is 10.9 Å². The normalized spacial score (nSPS) is 24.7. The molecule has 54 valence electrons. The lowest BCUT2D eigenvalue weighted by Gasteiger charge is -2.10. The van der Waals surface area contributed by atoms with Gasteiger partial charge in [0.25, 0.3) is 0 Å². The average Bonchev–Trinajstić information content (AvgIpc) is 1.88. The quantitative estimate of drug-likeness (QED) is 0.556. The number of aliphatic imine (C=N–C) groups is 1. The SMILES string of the molecule is O=C1N=CC(CCl)C(=O)N1. The van der Waals surface area contributed by atoms with Gasteiger partial charge in [-0.1, -0.05) is 0 Å². The van der Waals surface area contributed by atoms with E-state index >= 15 is 0 Å². The van der Waals surface area contributed by atoms with Crippen molar-refractivity contribution in [2.75, 3.05) is 5.88 Å². The summed E-state index contributed by atoms with van der Waals surface area (Å²) in [5.41, 5.74) is 0. The molecule has 1 aliphatic heterocycles. The van der Waals surface area contributed by atoms with Gasteiger partial charge < -0.3 is 0 Å². The zero-order valence-electron chi connectivity index (χ0n) is 5.00. The Morgan fingerprint density at radius 2 is 2.40 bits per heavy atom. The third-order valence-electron chi connectivity index (χ3n) is 1.10. The van der Waals surface area contributed by atoms with Crippen LogP contribution < -0.4 is 5.32 Å². The summed E-state index contributed by atoms with van der Waals surface area (Å²) in [4.78, 5) is 24.4. The number of amides is 3. The molecule has 0 aromatic carbocycles. The number of hydrogen-bond acceptors (Lipinski definition) is 2. The summed E-state index contributed by atoms with van der Waals surface area (Å²) in [6, 6.07) is -0.619. The highest BCUT2D eigenvalue weighted by molar-refractivity contribution is 6.22. The Balaban J connectivity index is 2.71. The van der Waals surface area contributed by atoms with Crippen molar-refractivity contribution in [3.8, 4) is 0 Å². The number of imide groups is 1. The van der Waals surface area contributed by atoms with E-state index in [9.17, 15) is 9.59 Å². The highest BCUT2D eigenvalue weighted by Crippen LogP contribution is 2.00. The van der Waals surface area contributed by atoms with Gasteiger partial charge in [-0.15, -0.1) is 11.6 Å². The summed E-state index contributed by atoms with van der Waals surface area (Å²) in [5.74, 6) is -0.683. The number of rotatable bonds is 1. The van der Waals surface area contributed by atoms with E-state index in [1.807, 2.05) is 5.32 Å². The highest BCUT2D eigenvalue weighted by Gasteiger charge is 2.21. The van der Waals surface area contributed by atoms with Gasteiger partial charge in [0.05, 0.1) is 5.92 Å². The van der Waals surface area contributed by atoms with Crippen LogP contribution in [0, 0.1) is 5.92 Å². The Morgan fingerprint density at radius 1 is 1.70 bits per heavy atom. The van der Waals surface area contributed by atoms with Crippen LogP contribution in [0.2, 0.25) is 0 Å². The second kappa shape index (κ2) is 2.79. The minimum absolute atomic E-state index is 0.155. The Labute approximate surface area is 62.3 Å². The standard InChI is InChI=1S/C5H5ClN2O2/c6-1-3-2-7-5(10)8-4(3)9/h2-3H,1H2,(H,8,9,10). The maximum Gasteiger partial charge on any atom is 0.347 e. The van der Waals surface area contributed by atoms with Gasteiger partial charge in [-0.25, -0.2) is 9.79 Å². The fraction of sp³-hybridized carbons (Fsp3) is 0.400. The van der Waals surface area contributed by atoms with Crippen LogP contribution >= 0.6 is 11.6 Å². The molecule has 0 radical (unpaired) electrons. The first-order valence-corrected chi connectivity index (χ1v) is 3.22. The summed E-state index contributed by atoms with van der Waals surface area (Å²) in [7, 11) is 0. The van der Waals surface area contributed by atoms with E-state index in [0.717, 1.165) is 0 Å². The summed E-state index contributed by atoms with van der Waals surface area (Å²) >= 11 is 5.36. The lowest BCUT2D eigenvalue weighted by molar-refractivity contribution is -0.121. The molecule has 1 N–H and O–H groups in total. The topological polar surface area (TPSA) is 58.5 Å². The molecule has 3 amide bonds. The molecule has 0 saturated heterocycles. The van der Waals surface area contributed by atoms with Gasteiger partial charge in [0.15, 0.2) is 0 Å². The van der Waals surface area contributed by atoms with Crippen molar-refractivity contribution in [1.29, 1.82) is 0 Å². The number of carbonyl (C=O) groups is 2. The van der Waals surface area contributed by atoms with Gasteiger partial charge in [-0.3, -0.25) is 10.1 Å². The minimum atomic E-state index is -0.619. The first kappa shape index (κ1) is 7.21. The molecule has 1 unspecified atom stereocenters. The van der Waals surface area contributed by atoms with Crippen LogP contribution in [0.4, 0.5) is 4.79 Å². The Bertz CT molecular complexity index is 202. The highest BCUT2D eigenvalue weighted by atomic mass is 35.5. The van der Waals surface area contributed by atoms with Crippen LogP contribution in [0.1, 0.15) is 0 Å². The minimum Gasteiger partial charge on any atom is -0.276 e. The van der Waals surface area contributed by atoms with Gasteiger partial charge in [0.2, 0.25) is 5.91 Å². The second-order valence-corrected chi connectivity index (χ2v) is 2.14. The van der Waals surface area contributed by atoms with Crippen molar-refractivity contribution in [3.63, 3.8) is 0 Å². The summed E-state index contributed by atoms with van der Waals surface area (Å²) in [5, 5.41) is 2.02. The van der Waals surface area contributed by atoms with E-state index in [1.54, 1.807) is 0 Å². The van der Waals surface area contributed by atoms with Crippen molar-refractivity contribution in [3.05, 3.63) is 0 Å². The van der Waals surface area contributed by atoms with Crippen LogP contribution in [0.15, 0.2) is 4.99 Å². The summed E-state index contributed by atoms with van der Waals surface area (Å²) in [6.07, 6.45) is 1.26. The number of nitrogens with one attached hydrogen (secondary N) is 1. The molecule has 0 aliphatic carbocycles. The van der Waals surface area contributed by atoms with E-state index in [2.05, 4.69) is 4.99 Å². The molecular weight excluding hydrogens is 156 g/mol. The second-order valence-electron chi connectivity index (χ2n) is 1.83. The molecule has 0 spiro atoms. The molecule has 1 aliphatic rings. The smallest absolute Gasteiger partial charge is 0.276 e. The predicted octanol–water partition coefficient (Wildman–Crippen LogP) is 0.162. The molecule has 0 aromatic heterocycles. The zero-order valence-corrected chi connectivity index (χ0v) is 5.76. The Hall–Kier alpha value is -0.900. The fourth-order valence-corrected chi connectivity index (χ4v) is 0.785. The van der Waals surface area contributed by atoms with Crippen LogP contribution in [-0.4, -0.2) is 24.0 Å². The van der Waals surface area contributed by atoms with Gasteiger partial charge in [0, 0.05) is 12.1 Å². The van der Waals surface area contributed by atoms with Gasteiger partial charge >= 0.3 is 6.03 Å². The molecule has 0 fully saturated rings. The molecule has 4 nitrogen and oxygen atoms in total. The van der Waals surface area contributed by atoms with E-state index in [0.29, 0.717) is 0 Å². The van der Waals surface area contributed by atoms with Gasteiger partial charge in [-0.05, 0) is 0 Å². The third-order valence-corrected chi connectivity index (χ3v) is 1.44. The van der Waals surface area contributed by atoms with Crippen molar-refractivity contribution < 1.29 is 9.59 Å². The molecule has 1 rings (SSSR count). The van der Waals surface area contributed by atoms with Crippen LogP contribution in [0.3, 0.4) is 0 Å². The van der Waals surface area contributed by atoms with E-state index in [1.165, 1.54) is 6.21 Å². The van der Waals surface area contributed by atoms with Gasteiger partial charge in [-0.2, -0.15) is 0 Å². The number of nitrogens with zero attached hydrogens (tertiary/aromatic N) is 1. The maximum absolute atomic E-state index is 10.7. The monoisotopic (exact) mass is 160 g/mol.